The van der Waals surface area contributed by atoms with E-state index in [0.29, 0.717) is 18.8 Å². The van der Waals surface area contributed by atoms with E-state index in [9.17, 15) is 4.79 Å². The number of ether oxygens (including phenoxy) is 2. The molecule has 0 amide bonds. The monoisotopic (exact) mass is 170 g/mol. The summed E-state index contributed by atoms with van der Waals surface area (Å²) in [6, 6.07) is 0. The fraction of sp³-hybridized carbons (Fsp3) is 0.889. The van der Waals surface area contributed by atoms with E-state index in [0.717, 1.165) is 19.3 Å². The molecule has 1 saturated heterocycles. The maximum absolute atomic E-state index is 11.3. The summed E-state index contributed by atoms with van der Waals surface area (Å²) in [4.78, 5) is 11.3. The second-order valence-corrected chi connectivity index (χ2v) is 3.48. The smallest absolute Gasteiger partial charge is 0.309 e. The number of fused-ring (bicyclic) bond motifs is 1. The van der Waals surface area contributed by atoms with Gasteiger partial charge in [0.2, 0.25) is 0 Å². The van der Waals surface area contributed by atoms with Gasteiger partial charge in [0, 0.05) is 0 Å². The van der Waals surface area contributed by atoms with Crippen LogP contribution in [0.25, 0.3) is 0 Å². The van der Waals surface area contributed by atoms with Gasteiger partial charge in [0.05, 0.1) is 24.7 Å². The molecule has 0 aromatic carbocycles. The first-order valence-electron chi connectivity index (χ1n) is 4.63. The Kier molecular flexibility index (Phi) is 2.05. The van der Waals surface area contributed by atoms with Crippen molar-refractivity contribution < 1.29 is 14.3 Å². The summed E-state index contributed by atoms with van der Waals surface area (Å²) in [5.74, 6) is 0.0696. The highest BCUT2D eigenvalue weighted by atomic mass is 16.6. The Morgan fingerprint density at radius 1 is 1.50 bits per heavy atom. The number of carbonyl (C=O) groups excluding carboxylic acids is 1. The normalized spacial score (nSPS) is 38.6. The number of esters is 1. The van der Waals surface area contributed by atoms with E-state index in [1.54, 1.807) is 0 Å². The lowest BCUT2D eigenvalue weighted by atomic mass is 9.89. The van der Waals surface area contributed by atoms with Crippen LogP contribution in [0, 0.1) is 5.92 Å². The summed E-state index contributed by atoms with van der Waals surface area (Å²) >= 11 is 0. The molecule has 0 spiro atoms. The lowest BCUT2D eigenvalue weighted by Crippen LogP contribution is -2.23. The highest BCUT2D eigenvalue weighted by Crippen LogP contribution is 2.39. The van der Waals surface area contributed by atoms with Gasteiger partial charge in [0.25, 0.3) is 0 Å². The van der Waals surface area contributed by atoms with Crippen LogP contribution in [0.2, 0.25) is 0 Å². The lowest BCUT2D eigenvalue weighted by Gasteiger charge is -2.16. The minimum atomic E-state index is -0.0357. The molecule has 1 heterocycles. The molecule has 3 nitrogen and oxygen atoms in total. The van der Waals surface area contributed by atoms with E-state index in [2.05, 4.69) is 0 Å². The van der Waals surface area contributed by atoms with Crippen molar-refractivity contribution in [1.29, 1.82) is 0 Å². The SMILES string of the molecule is CCOC(=O)C1CC[C@@H]2OC2C1. The Hall–Kier alpha value is -0.570. The predicted molar refractivity (Wildman–Crippen MR) is 42.6 cm³/mol. The number of hydrogen-bond acceptors (Lipinski definition) is 3. The van der Waals surface area contributed by atoms with Crippen LogP contribution in [0.4, 0.5) is 0 Å². The van der Waals surface area contributed by atoms with Crippen LogP contribution in [-0.2, 0) is 14.3 Å². The second-order valence-electron chi connectivity index (χ2n) is 3.48. The van der Waals surface area contributed by atoms with Crippen LogP contribution in [0.15, 0.2) is 0 Å². The highest BCUT2D eigenvalue weighted by Gasteiger charge is 2.46. The molecule has 12 heavy (non-hydrogen) atoms. The summed E-state index contributed by atoms with van der Waals surface area (Å²) in [6.07, 6.45) is 3.70. The summed E-state index contributed by atoms with van der Waals surface area (Å²) in [7, 11) is 0. The molecule has 2 rings (SSSR count). The van der Waals surface area contributed by atoms with Gasteiger partial charge in [-0.05, 0) is 26.2 Å². The molecule has 1 aliphatic carbocycles. The summed E-state index contributed by atoms with van der Waals surface area (Å²) < 4.78 is 10.3. The lowest BCUT2D eigenvalue weighted by molar-refractivity contribution is -0.148. The van der Waals surface area contributed by atoms with Crippen molar-refractivity contribution in [2.75, 3.05) is 6.61 Å². The number of rotatable bonds is 2. The van der Waals surface area contributed by atoms with E-state index in [-0.39, 0.29) is 11.9 Å². The van der Waals surface area contributed by atoms with Crippen LogP contribution in [0.1, 0.15) is 26.2 Å². The molecule has 0 bridgehead atoms. The van der Waals surface area contributed by atoms with Gasteiger partial charge in [-0.2, -0.15) is 0 Å². The average molecular weight is 170 g/mol. The zero-order valence-corrected chi connectivity index (χ0v) is 7.29. The first-order valence-corrected chi connectivity index (χ1v) is 4.63. The standard InChI is InChI=1S/C9H14O3/c1-2-11-9(10)6-3-4-7-8(5-6)12-7/h6-8H,2-5H2,1H3/t6?,7-,8?/m0/s1. The molecular formula is C9H14O3. The Labute approximate surface area is 72.0 Å². The third-order valence-electron chi connectivity index (χ3n) is 2.62. The molecule has 1 aliphatic heterocycles. The molecule has 0 aromatic heterocycles. The Balaban J connectivity index is 1.83. The van der Waals surface area contributed by atoms with Crippen LogP contribution in [-0.4, -0.2) is 24.8 Å². The van der Waals surface area contributed by atoms with Gasteiger partial charge in [-0.1, -0.05) is 0 Å². The zero-order valence-electron chi connectivity index (χ0n) is 7.29. The van der Waals surface area contributed by atoms with E-state index < -0.39 is 0 Å². The number of carbonyl (C=O) groups is 1. The predicted octanol–water partition coefficient (Wildman–Crippen LogP) is 1.12. The third-order valence-corrected chi connectivity index (χ3v) is 2.62. The fourth-order valence-electron chi connectivity index (χ4n) is 1.88. The van der Waals surface area contributed by atoms with E-state index in [4.69, 9.17) is 9.47 Å². The van der Waals surface area contributed by atoms with E-state index >= 15 is 0 Å². The van der Waals surface area contributed by atoms with Crippen molar-refractivity contribution in [2.45, 2.75) is 38.4 Å². The van der Waals surface area contributed by atoms with Gasteiger partial charge >= 0.3 is 5.97 Å². The van der Waals surface area contributed by atoms with Crippen LogP contribution in [0.5, 0.6) is 0 Å². The first-order chi connectivity index (χ1) is 5.81. The van der Waals surface area contributed by atoms with Crippen molar-refractivity contribution in [2.24, 2.45) is 5.92 Å². The minimum Gasteiger partial charge on any atom is -0.466 e. The Morgan fingerprint density at radius 2 is 2.33 bits per heavy atom. The van der Waals surface area contributed by atoms with Crippen molar-refractivity contribution in [3.05, 3.63) is 0 Å². The first kappa shape index (κ1) is 8.05. The fourth-order valence-corrected chi connectivity index (χ4v) is 1.88. The Morgan fingerprint density at radius 3 is 3.00 bits per heavy atom. The topological polar surface area (TPSA) is 38.8 Å². The van der Waals surface area contributed by atoms with Gasteiger partial charge in [0.1, 0.15) is 0 Å². The van der Waals surface area contributed by atoms with Crippen molar-refractivity contribution in [3.63, 3.8) is 0 Å². The van der Waals surface area contributed by atoms with Crippen molar-refractivity contribution in [3.8, 4) is 0 Å². The van der Waals surface area contributed by atoms with Gasteiger partial charge in [-0.3, -0.25) is 4.79 Å². The molecule has 3 heteroatoms. The maximum Gasteiger partial charge on any atom is 0.309 e. The summed E-state index contributed by atoms with van der Waals surface area (Å²) in [5, 5.41) is 0. The number of hydrogen-bond donors (Lipinski definition) is 0. The van der Waals surface area contributed by atoms with Crippen molar-refractivity contribution >= 4 is 5.97 Å². The van der Waals surface area contributed by atoms with E-state index in [1.807, 2.05) is 6.92 Å². The molecule has 3 atom stereocenters. The van der Waals surface area contributed by atoms with Gasteiger partial charge in [-0.15, -0.1) is 0 Å². The van der Waals surface area contributed by atoms with Gasteiger partial charge in [0.15, 0.2) is 0 Å². The number of epoxide rings is 1. The molecular weight excluding hydrogens is 156 g/mol. The Bertz CT molecular complexity index is 190. The zero-order chi connectivity index (χ0) is 8.55. The molecule has 2 aliphatic rings. The van der Waals surface area contributed by atoms with Crippen LogP contribution >= 0.6 is 0 Å². The molecule has 0 radical (unpaired) electrons. The summed E-state index contributed by atoms with van der Waals surface area (Å²) in [6.45, 7) is 2.33. The molecule has 2 fully saturated rings. The van der Waals surface area contributed by atoms with Crippen LogP contribution < -0.4 is 0 Å². The molecule has 1 saturated carbocycles. The summed E-state index contributed by atoms with van der Waals surface area (Å²) in [5.41, 5.74) is 0. The van der Waals surface area contributed by atoms with E-state index in [1.165, 1.54) is 0 Å². The highest BCUT2D eigenvalue weighted by molar-refractivity contribution is 5.72. The maximum atomic E-state index is 11.3. The largest absolute Gasteiger partial charge is 0.466 e. The molecule has 2 unspecified atom stereocenters. The van der Waals surface area contributed by atoms with Gasteiger partial charge < -0.3 is 9.47 Å². The van der Waals surface area contributed by atoms with Crippen LogP contribution in [0.3, 0.4) is 0 Å². The quantitative estimate of drug-likeness (QED) is 0.460. The average Bonchev–Trinajstić information content (AvgIpc) is 2.81. The third kappa shape index (κ3) is 1.46. The molecule has 0 N–H and O–H groups in total. The van der Waals surface area contributed by atoms with Gasteiger partial charge in [-0.25, -0.2) is 0 Å². The molecule has 0 aromatic rings. The molecule has 68 valence electrons. The second kappa shape index (κ2) is 3.05. The van der Waals surface area contributed by atoms with Crippen molar-refractivity contribution in [1.82, 2.24) is 0 Å². The minimum absolute atomic E-state index is 0.0357.